The summed E-state index contributed by atoms with van der Waals surface area (Å²) < 4.78 is 0. The quantitative estimate of drug-likeness (QED) is 0.742. The molecule has 0 bridgehead atoms. The third kappa shape index (κ3) is 3.97. The molecule has 2 heterocycles. The van der Waals surface area contributed by atoms with Crippen LogP contribution in [0.25, 0.3) is 0 Å². The molecule has 2 N–H and O–H groups in total. The highest BCUT2D eigenvalue weighted by atomic mass is 32.1. The number of thiazole rings is 1. The fourth-order valence-corrected chi connectivity index (χ4v) is 2.85. The number of carbonyl (C=O) groups is 1. The monoisotopic (exact) mass is 338 g/mol. The Morgan fingerprint density at radius 2 is 2.04 bits per heavy atom. The molecular weight excluding hydrogens is 320 g/mol. The molecule has 0 aliphatic carbocycles. The summed E-state index contributed by atoms with van der Waals surface area (Å²) in [5.74, 6) is -0.204. The highest BCUT2D eigenvalue weighted by Crippen LogP contribution is 2.22. The fraction of sp³-hybridized carbons (Fsp3) is 0.167. The van der Waals surface area contributed by atoms with Gasteiger partial charge in [-0.25, -0.2) is 4.98 Å². The van der Waals surface area contributed by atoms with E-state index in [2.05, 4.69) is 46.6 Å². The first-order valence-corrected chi connectivity index (χ1v) is 8.48. The molecule has 24 heavy (non-hydrogen) atoms. The van der Waals surface area contributed by atoms with Crippen molar-refractivity contribution in [2.45, 2.75) is 20.4 Å². The molecule has 122 valence electrons. The highest BCUT2D eigenvalue weighted by molar-refractivity contribution is 7.14. The first-order valence-electron chi connectivity index (χ1n) is 7.60. The minimum Gasteiger partial charge on any atom is -0.345 e. The number of nitrogens with one attached hydrogen (secondary N) is 2. The molecule has 0 fully saturated rings. The number of nitrogens with zero attached hydrogens (tertiary/aromatic N) is 2. The van der Waals surface area contributed by atoms with Gasteiger partial charge in [-0.1, -0.05) is 12.1 Å². The van der Waals surface area contributed by atoms with E-state index >= 15 is 0 Å². The molecule has 6 heteroatoms. The minimum atomic E-state index is -0.204. The van der Waals surface area contributed by atoms with Crippen LogP contribution < -0.4 is 10.6 Å². The van der Waals surface area contributed by atoms with Crippen LogP contribution in [0.4, 0.5) is 10.8 Å². The number of anilines is 2. The Morgan fingerprint density at radius 1 is 1.17 bits per heavy atom. The number of benzene rings is 1. The molecule has 0 saturated carbocycles. The summed E-state index contributed by atoms with van der Waals surface area (Å²) in [5, 5.41) is 8.50. The second-order valence-electron chi connectivity index (χ2n) is 5.47. The fourth-order valence-electron chi connectivity index (χ4n) is 2.14. The number of hydrogen-bond donors (Lipinski definition) is 2. The Balaban J connectivity index is 1.62. The smallest absolute Gasteiger partial charge is 0.271 e. The van der Waals surface area contributed by atoms with Gasteiger partial charge in [0.1, 0.15) is 5.69 Å². The van der Waals surface area contributed by atoms with Crippen molar-refractivity contribution in [1.29, 1.82) is 0 Å². The van der Waals surface area contributed by atoms with E-state index in [9.17, 15) is 4.79 Å². The van der Waals surface area contributed by atoms with Crippen molar-refractivity contribution in [3.63, 3.8) is 0 Å². The standard InChI is InChI=1S/C18H18N4OS/c1-12-6-7-14(9-13(12)2)21-18-22-16(11-24-18)17(23)20-10-15-5-3-4-8-19-15/h3-9,11H,10H2,1-2H3,(H,20,23)(H,21,22). The normalized spacial score (nSPS) is 10.4. The molecule has 0 aliphatic rings. The number of rotatable bonds is 5. The van der Waals surface area contributed by atoms with E-state index < -0.39 is 0 Å². The Labute approximate surface area is 144 Å². The summed E-state index contributed by atoms with van der Waals surface area (Å²) in [6.45, 7) is 4.53. The molecule has 1 aromatic carbocycles. The minimum absolute atomic E-state index is 0.204. The van der Waals surface area contributed by atoms with E-state index in [1.807, 2.05) is 24.3 Å². The van der Waals surface area contributed by atoms with Gasteiger partial charge in [0.15, 0.2) is 5.13 Å². The maximum Gasteiger partial charge on any atom is 0.271 e. The van der Waals surface area contributed by atoms with E-state index in [-0.39, 0.29) is 5.91 Å². The van der Waals surface area contributed by atoms with Gasteiger partial charge in [-0.05, 0) is 49.2 Å². The molecule has 0 spiro atoms. The Morgan fingerprint density at radius 3 is 2.79 bits per heavy atom. The lowest BCUT2D eigenvalue weighted by atomic mass is 10.1. The summed E-state index contributed by atoms with van der Waals surface area (Å²) in [4.78, 5) is 20.7. The Bertz CT molecular complexity index is 845. The van der Waals surface area contributed by atoms with Gasteiger partial charge >= 0.3 is 0 Å². The number of carbonyl (C=O) groups excluding carboxylic acids is 1. The SMILES string of the molecule is Cc1ccc(Nc2nc(C(=O)NCc3ccccn3)cs2)cc1C. The number of hydrogen-bond acceptors (Lipinski definition) is 5. The van der Waals surface area contributed by atoms with Crippen LogP contribution in [-0.2, 0) is 6.54 Å². The highest BCUT2D eigenvalue weighted by Gasteiger charge is 2.11. The zero-order chi connectivity index (χ0) is 16.9. The average Bonchev–Trinajstić information content (AvgIpc) is 3.05. The van der Waals surface area contributed by atoms with Crippen LogP contribution in [0.2, 0.25) is 0 Å². The first kappa shape index (κ1) is 16.1. The van der Waals surface area contributed by atoms with E-state index in [1.54, 1.807) is 11.6 Å². The maximum atomic E-state index is 12.2. The van der Waals surface area contributed by atoms with Crippen LogP contribution in [0.3, 0.4) is 0 Å². The van der Waals surface area contributed by atoms with Crippen LogP contribution in [0.1, 0.15) is 27.3 Å². The summed E-state index contributed by atoms with van der Waals surface area (Å²) >= 11 is 1.41. The number of aryl methyl sites for hydroxylation is 2. The van der Waals surface area contributed by atoms with Crippen LogP contribution in [0.15, 0.2) is 48.0 Å². The summed E-state index contributed by atoms with van der Waals surface area (Å²) in [7, 11) is 0. The van der Waals surface area contributed by atoms with Crippen molar-refractivity contribution in [3.05, 3.63) is 70.5 Å². The molecule has 5 nitrogen and oxygen atoms in total. The van der Waals surface area contributed by atoms with Crippen LogP contribution in [-0.4, -0.2) is 15.9 Å². The predicted octanol–water partition coefficient (Wildman–Crippen LogP) is 3.83. The van der Waals surface area contributed by atoms with Crippen molar-refractivity contribution in [2.24, 2.45) is 0 Å². The first-order chi connectivity index (χ1) is 11.6. The molecule has 3 aromatic rings. The van der Waals surface area contributed by atoms with Gasteiger partial charge in [0, 0.05) is 17.3 Å². The molecule has 0 radical (unpaired) electrons. The molecule has 2 aromatic heterocycles. The molecule has 0 atom stereocenters. The Hall–Kier alpha value is -2.73. The lowest BCUT2D eigenvalue weighted by molar-refractivity contribution is 0.0946. The van der Waals surface area contributed by atoms with Gasteiger partial charge in [0.05, 0.1) is 12.2 Å². The van der Waals surface area contributed by atoms with Gasteiger partial charge in [-0.2, -0.15) is 0 Å². The zero-order valence-electron chi connectivity index (χ0n) is 13.5. The molecule has 3 rings (SSSR count). The summed E-state index contributed by atoms with van der Waals surface area (Å²) in [5.41, 5.74) is 4.64. The van der Waals surface area contributed by atoms with E-state index in [0.29, 0.717) is 17.4 Å². The van der Waals surface area contributed by atoms with Crippen LogP contribution in [0, 0.1) is 13.8 Å². The van der Waals surface area contributed by atoms with Crippen molar-refractivity contribution in [3.8, 4) is 0 Å². The van der Waals surface area contributed by atoms with Crippen molar-refractivity contribution in [2.75, 3.05) is 5.32 Å². The largest absolute Gasteiger partial charge is 0.345 e. The van der Waals surface area contributed by atoms with Crippen LogP contribution >= 0.6 is 11.3 Å². The Kier molecular flexibility index (Phi) is 4.86. The number of aromatic nitrogens is 2. The van der Waals surface area contributed by atoms with Crippen molar-refractivity contribution < 1.29 is 4.79 Å². The topological polar surface area (TPSA) is 66.9 Å². The second kappa shape index (κ2) is 7.23. The predicted molar refractivity (Wildman–Crippen MR) is 96.7 cm³/mol. The van der Waals surface area contributed by atoms with E-state index in [4.69, 9.17) is 0 Å². The lowest BCUT2D eigenvalue weighted by Crippen LogP contribution is -2.23. The molecule has 1 amide bonds. The third-order valence-electron chi connectivity index (χ3n) is 3.65. The summed E-state index contributed by atoms with van der Waals surface area (Å²) in [6, 6.07) is 11.7. The van der Waals surface area contributed by atoms with Gasteiger partial charge in [0.25, 0.3) is 5.91 Å². The summed E-state index contributed by atoms with van der Waals surface area (Å²) in [6.07, 6.45) is 1.70. The molecular formula is C18H18N4OS. The maximum absolute atomic E-state index is 12.2. The molecule has 0 unspecified atom stereocenters. The lowest BCUT2D eigenvalue weighted by Gasteiger charge is -2.05. The van der Waals surface area contributed by atoms with Gasteiger partial charge in [-0.15, -0.1) is 11.3 Å². The van der Waals surface area contributed by atoms with Gasteiger partial charge < -0.3 is 10.6 Å². The molecule has 0 aliphatic heterocycles. The van der Waals surface area contributed by atoms with E-state index in [0.717, 1.165) is 11.4 Å². The van der Waals surface area contributed by atoms with Crippen LogP contribution in [0.5, 0.6) is 0 Å². The average molecular weight is 338 g/mol. The number of amides is 1. The van der Waals surface area contributed by atoms with E-state index in [1.165, 1.54) is 22.5 Å². The number of pyridine rings is 1. The van der Waals surface area contributed by atoms with Gasteiger partial charge in [0.2, 0.25) is 0 Å². The van der Waals surface area contributed by atoms with Crippen molar-refractivity contribution >= 4 is 28.1 Å². The second-order valence-corrected chi connectivity index (χ2v) is 6.32. The zero-order valence-corrected chi connectivity index (χ0v) is 14.4. The van der Waals surface area contributed by atoms with Crippen molar-refractivity contribution in [1.82, 2.24) is 15.3 Å². The van der Waals surface area contributed by atoms with Gasteiger partial charge in [-0.3, -0.25) is 9.78 Å². The molecule has 0 saturated heterocycles. The third-order valence-corrected chi connectivity index (χ3v) is 4.41.